The van der Waals surface area contributed by atoms with Crippen LogP contribution < -0.4 is 11.1 Å². The smallest absolute Gasteiger partial charge is 0.237 e. The molecule has 0 radical (unpaired) electrons. The lowest BCUT2D eigenvalue weighted by molar-refractivity contribution is -0.123. The van der Waals surface area contributed by atoms with E-state index in [1.807, 2.05) is 0 Å². The predicted molar refractivity (Wildman–Crippen MR) is 63.9 cm³/mol. The minimum absolute atomic E-state index is 0.0290. The maximum Gasteiger partial charge on any atom is 0.237 e. The summed E-state index contributed by atoms with van der Waals surface area (Å²) >= 11 is 0. The van der Waals surface area contributed by atoms with Gasteiger partial charge in [0.1, 0.15) is 0 Å². The zero-order valence-electron chi connectivity index (χ0n) is 9.69. The third kappa shape index (κ3) is 2.28. The molecule has 2 saturated heterocycles. The van der Waals surface area contributed by atoms with Crippen LogP contribution in [0.1, 0.15) is 25.7 Å². The summed E-state index contributed by atoms with van der Waals surface area (Å²) in [5.74, 6) is -0.0290. The first kappa shape index (κ1) is 11.6. The molecular weight excluding hydrogens is 202 g/mol. The van der Waals surface area contributed by atoms with Gasteiger partial charge in [-0.15, -0.1) is 6.58 Å². The van der Waals surface area contributed by atoms with E-state index in [9.17, 15) is 4.79 Å². The maximum atomic E-state index is 11.8. The van der Waals surface area contributed by atoms with Gasteiger partial charge < -0.3 is 11.1 Å². The quantitative estimate of drug-likeness (QED) is 0.671. The molecule has 2 heterocycles. The normalized spacial score (nSPS) is 31.1. The molecule has 0 bridgehead atoms. The molecule has 1 amide bonds. The topological polar surface area (TPSA) is 58.4 Å². The number of rotatable bonds is 4. The zero-order valence-corrected chi connectivity index (χ0v) is 9.69. The van der Waals surface area contributed by atoms with Crippen LogP contribution in [0.25, 0.3) is 0 Å². The number of nitrogens with two attached hydrogens (primary N) is 1. The molecule has 2 fully saturated rings. The van der Waals surface area contributed by atoms with E-state index in [-0.39, 0.29) is 5.91 Å². The van der Waals surface area contributed by atoms with Crippen molar-refractivity contribution in [3.63, 3.8) is 0 Å². The van der Waals surface area contributed by atoms with Gasteiger partial charge in [0, 0.05) is 18.6 Å². The van der Waals surface area contributed by atoms with Gasteiger partial charge in [-0.05, 0) is 32.2 Å². The molecule has 0 saturated carbocycles. The van der Waals surface area contributed by atoms with E-state index in [1.165, 1.54) is 19.4 Å². The highest BCUT2D eigenvalue weighted by molar-refractivity contribution is 5.82. The lowest BCUT2D eigenvalue weighted by atomic mass is 10.1. The van der Waals surface area contributed by atoms with Crippen LogP contribution >= 0.6 is 0 Å². The minimum atomic E-state index is -0.437. The highest BCUT2D eigenvalue weighted by Gasteiger charge is 2.38. The van der Waals surface area contributed by atoms with Crippen molar-refractivity contribution in [2.45, 2.75) is 43.8 Å². The lowest BCUT2D eigenvalue weighted by Gasteiger charge is -2.22. The molecule has 3 atom stereocenters. The summed E-state index contributed by atoms with van der Waals surface area (Å²) in [6.07, 6.45) is 5.78. The standard InChI is InChI=1S/C12H21N3O/c1-2-4-9(13)12(16)14-10-6-8-15-7-3-5-11(10)15/h2,9-11H,1,3-8,13H2,(H,14,16). The Labute approximate surface area is 96.9 Å². The molecule has 2 aliphatic heterocycles. The van der Waals surface area contributed by atoms with Gasteiger partial charge in [0.2, 0.25) is 5.91 Å². The number of carbonyl (C=O) groups is 1. The fourth-order valence-corrected chi connectivity index (χ4v) is 2.83. The van der Waals surface area contributed by atoms with Crippen LogP contribution in [-0.2, 0) is 4.79 Å². The molecule has 4 nitrogen and oxygen atoms in total. The van der Waals surface area contributed by atoms with E-state index in [0.717, 1.165) is 13.0 Å². The second kappa shape index (κ2) is 4.97. The van der Waals surface area contributed by atoms with Crippen molar-refractivity contribution < 1.29 is 4.79 Å². The molecule has 0 aliphatic carbocycles. The number of amides is 1. The molecular formula is C12H21N3O. The summed E-state index contributed by atoms with van der Waals surface area (Å²) in [5.41, 5.74) is 5.75. The summed E-state index contributed by atoms with van der Waals surface area (Å²) in [4.78, 5) is 14.3. The maximum absolute atomic E-state index is 11.8. The van der Waals surface area contributed by atoms with Crippen molar-refractivity contribution in [1.82, 2.24) is 10.2 Å². The van der Waals surface area contributed by atoms with E-state index in [2.05, 4.69) is 16.8 Å². The Bertz CT molecular complexity index is 279. The number of hydrogen-bond donors (Lipinski definition) is 2. The number of nitrogens with zero attached hydrogens (tertiary/aromatic N) is 1. The summed E-state index contributed by atoms with van der Waals surface area (Å²) in [6, 6.07) is 0.429. The summed E-state index contributed by atoms with van der Waals surface area (Å²) in [6.45, 7) is 5.91. The highest BCUT2D eigenvalue weighted by atomic mass is 16.2. The van der Waals surface area contributed by atoms with Gasteiger partial charge in [-0.1, -0.05) is 6.08 Å². The van der Waals surface area contributed by atoms with Crippen molar-refractivity contribution in [2.24, 2.45) is 5.73 Å². The number of carbonyl (C=O) groups excluding carboxylic acids is 1. The molecule has 16 heavy (non-hydrogen) atoms. The monoisotopic (exact) mass is 223 g/mol. The Kier molecular flexibility index (Phi) is 3.61. The number of hydrogen-bond acceptors (Lipinski definition) is 3. The van der Waals surface area contributed by atoms with E-state index in [1.54, 1.807) is 6.08 Å². The van der Waals surface area contributed by atoms with Crippen LogP contribution in [0.4, 0.5) is 0 Å². The third-order valence-electron chi connectivity index (χ3n) is 3.69. The molecule has 3 unspecified atom stereocenters. The summed E-state index contributed by atoms with van der Waals surface area (Å²) in [5, 5.41) is 3.08. The third-order valence-corrected chi connectivity index (χ3v) is 3.69. The van der Waals surface area contributed by atoms with Crippen molar-refractivity contribution in [3.8, 4) is 0 Å². The Morgan fingerprint density at radius 3 is 3.12 bits per heavy atom. The largest absolute Gasteiger partial charge is 0.350 e. The molecule has 0 aromatic rings. The SMILES string of the molecule is C=CCC(N)C(=O)NC1CCN2CCCC12. The van der Waals surface area contributed by atoms with Crippen molar-refractivity contribution in [1.29, 1.82) is 0 Å². The van der Waals surface area contributed by atoms with Crippen LogP contribution in [0.15, 0.2) is 12.7 Å². The Morgan fingerprint density at radius 2 is 2.38 bits per heavy atom. The average Bonchev–Trinajstić information content (AvgIpc) is 2.83. The fraction of sp³-hybridized carbons (Fsp3) is 0.750. The molecule has 2 rings (SSSR count). The Hall–Kier alpha value is -0.870. The average molecular weight is 223 g/mol. The first-order valence-electron chi connectivity index (χ1n) is 6.13. The van der Waals surface area contributed by atoms with Gasteiger partial charge in [-0.3, -0.25) is 9.69 Å². The Balaban J connectivity index is 1.85. The van der Waals surface area contributed by atoms with Crippen LogP contribution in [-0.4, -0.2) is 42.0 Å². The van der Waals surface area contributed by atoms with Gasteiger partial charge in [-0.25, -0.2) is 0 Å². The lowest BCUT2D eigenvalue weighted by Crippen LogP contribution is -2.48. The van der Waals surface area contributed by atoms with E-state index >= 15 is 0 Å². The van der Waals surface area contributed by atoms with Crippen molar-refractivity contribution in [3.05, 3.63) is 12.7 Å². The van der Waals surface area contributed by atoms with Gasteiger partial charge >= 0.3 is 0 Å². The molecule has 4 heteroatoms. The van der Waals surface area contributed by atoms with E-state index < -0.39 is 6.04 Å². The first-order chi connectivity index (χ1) is 7.72. The van der Waals surface area contributed by atoms with E-state index in [0.29, 0.717) is 18.5 Å². The van der Waals surface area contributed by atoms with Gasteiger partial charge in [-0.2, -0.15) is 0 Å². The summed E-state index contributed by atoms with van der Waals surface area (Å²) in [7, 11) is 0. The molecule has 0 spiro atoms. The van der Waals surface area contributed by atoms with Gasteiger partial charge in [0.05, 0.1) is 6.04 Å². The van der Waals surface area contributed by atoms with E-state index in [4.69, 9.17) is 5.73 Å². The van der Waals surface area contributed by atoms with Crippen molar-refractivity contribution in [2.75, 3.05) is 13.1 Å². The molecule has 0 aromatic heterocycles. The van der Waals surface area contributed by atoms with Crippen LogP contribution in [0, 0.1) is 0 Å². The van der Waals surface area contributed by atoms with Gasteiger partial charge in [0.25, 0.3) is 0 Å². The number of nitrogens with one attached hydrogen (secondary N) is 1. The predicted octanol–water partition coefficient (Wildman–Crippen LogP) is 0.243. The summed E-state index contributed by atoms with van der Waals surface area (Å²) < 4.78 is 0. The van der Waals surface area contributed by atoms with Crippen molar-refractivity contribution >= 4 is 5.91 Å². The second-order valence-electron chi connectivity index (χ2n) is 4.78. The van der Waals surface area contributed by atoms with Crippen LogP contribution in [0.2, 0.25) is 0 Å². The zero-order chi connectivity index (χ0) is 11.5. The molecule has 0 aromatic carbocycles. The molecule has 2 aliphatic rings. The molecule has 3 N–H and O–H groups in total. The van der Waals surface area contributed by atoms with Crippen LogP contribution in [0.3, 0.4) is 0 Å². The Morgan fingerprint density at radius 1 is 1.56 bits per heavy atom. The first-order valence-corrected chi connectivity index (χ1v) is 6.13. The number of fused-ring (bicyclic) bond motifs is 1. The molecule has 90 valence electrons. The second-order valence-corrected chi connectivity index (χ2v) is 4.78. The van der Waals surface area contributed by atoms with Gasteiger partial charge in [0.15, 0.2) is 0 Å². The minimum Gasteiger partial charge on any atom is -0.350 e. The highest BCUT2D eigenvalue weighted by Crippen LogP contribution is 2.27. The fourth-order valence-electron chi connectivity index (χ4n) is 2.83. The van der Waals surface area contributed by atoms with Crippen LogP contribution in [0.5, 0.6) is 0 Å².